The highest BCUT2D eigenvalue weighted by Crippen LogP contribution is 2.55. The molecule has 1 fully saturated rings. The molecule has 0 saturated heterocycles. The van der Waals surface area contributed by atoms with Gasteiger partial charge in [-0.3, -0.25) is 14.1 Å². The fraction of sp³-hybridized carbons (Fsp3) is 0.316. The maximum atomic E-state index is 13.6. The number of allylic oxidation sites excluding steroid dienone is 1. The number of aliphatic imine (C=N–C) groups is 1. The second kappa shape index (κ2) is 7.09. The van der Waals surface area contributed by atoms with Crippen molar-refractivity contribution in [3.8, 4) is 17.5 Å². The van der Waals surface area contributed by atoms with Gasteiger partial charge >= 0.3 is 0 Å². The minimum Gasteiger partial charge on any atom is -0.404 e. The van der Waals surface area contributed by atoms with Crippen LogP contribution < -0.4 is 5.73 Å². The van der Waals surface area contributed by atoms with Crippen LogP contribution in [-0.4, -0.2) is 43.3 Å². The van der Waals surface area contributed by atoms with Gasteiger partial charge in [0.05, 0.1) is 41.9 Å². The molecule has 1 aliphatic carbocycles. The molecular weight excluding hydrogens is 378 g/mol. The quantitative estimate of drug-likeness (QED) is 0.644. The van der Waals surface area contributed by atoms with Crippen molar-refractivity contribution in [3.05, 3.63) is 42.7 Å². The molecule has 2 N–H and O–H groups in total. The maximum Gasteiger partial charge on any atom is 0.253 e. The lowest BCUT2D eigenvalue weighted by molar-refractivity contribution is 0.0847. The molecule has 4 rings (SSSR count). The number of hydrogen-bond acceptors (Lipinski definition) is 6. The molecule has 1 saturated carbocycles. The van der Waals surface area contributed by atoms with E-state index in [1.165, 1.54) is 10.9 Å². The average molecular weight is 396 g/mol. The summed E-state index contributed by atoms with van der Waals surface area (Å²) in [6.45, 7) is 0. The molecule has 0 bridgehead atoms. The van der Waals surface area contributed by atoms with Gasteiger partial charge in [-0.15, -0.1) is 0 Å². The third kappa shape index (κ3) is 3.35. The molecule has 3 heterocycles. The van der Waals surface area contributed by atoms with Crippen LogP contribution in [0.15, 0.2) is 42.0 Å². The van der Waals surface area contributed by atoms with Crippen LogP contribution in [0.1, 0.15) is 24.6 Å². The number of nitrogens with two attached hydrogens (primary N) is 1. The molecule has 0 amide bonds. The van der Waals surface area contributed by atoms with E-state index in [2.05, 4.69) is 20.1 Å². The maximum absolute atomic E-state index is 13.6. The third-order valence-electron chi connectivity index (χ3n) is 4.97. The minimum atomic E-state index is -2.75. The normalized spacial score (nSPS) is 19.5. The van der Waals surface area contributed by atoms with E-state index in [0.29, 0.717) is 28.3 Å². The molecule has 0 radical (unpaired) electrons. The Morgan fingerprint density at radius 1 is 1.55 bits per heavy atom. The largest absolute Gasteiger partial charge is 0.404 e. The average Bonchev–Trinajstić information content (AvgIpc) is 3.12. The smallest absolute Gasteiger partial charge is 0.253 e. The van der Waals surface area contributed by atoms with Crippen LogP contribution in [-0.2, 0) is 0 Å². The van der Waals surface area contributed by atoms with Gasteiger partial charge in [0.15, 0.2) is 0 Å². The predicted molar refractivity (Wildman–Crippen MR) is 103 cm³/mol. The number of aromatic nitrogens is 5. The standard InChI is InChI=1S/C19H18F2N8/c1-24-9-12(8-23)15-6-17-25-4-5-28(17)18(27-15)13-10-26-29(11-13)16(2-3-22)14-7-19(14,20)21/h4-6,8-11,14,16H,2,7,23H2,1H3. The second-order valence-electron chi connectivity index (χ2n) is 6.84. The van der Waals surface area contributed by atoms with Gasteiger partial charge < -0.3 is 5.73 Å². The summed E-state index contributed by atoms with van der Waals surface area (Å²) in [5.74, 6) is -3.10. The number of nitrogens with zero attached hydrogens (tertiary/aromatic N) is 7. The summed E-state index contributed by atoms with van der Waals surface area (Å²) in [5, 5.41) is 13.3. The number of halogens is 2. The van der Waals surface area contributed by atoms with Crippen LogP contribution in [0.5, 0.6) is 0 Å². The molecule has 0 spiro atoms. The van der Waals surface area contributed by atoms with Gasteiger partial charge in [-0.2, -0.15) is 10.4 Å². The molecule has 0 aliphatic heterocycles. The van der Waals surface area contributed by atoms with Crippen LogP contribution in [0.4, 0.5) is 8.78 Å². The Morgan fingerprint density at radius 2 is 2.34 bits per heavy atom. The molecule has 2 unspecified atom stereocenters. The second-order valence-corrected chi connectivity index (χ2v) is 6.84. The zero-order valence-corrected chi connectivity index (χ0v) is 15.6. The van der Waals surface area contributed by atoms with Gasteiger partial charge in [0.2, 0.25) is 0 Å². The van der Waals surface area contributed by atoms with Crippen LogP contribution in [0.2, 0.25) is 0 Å². The Kier molecular flexibility index (Phi) is 4.58. The third-order valence-corrected chi connectivity index (χ3v) is 4.97. The molecule has 148 valence electrons. The summed E-state index contributed by atoms with van der Waals surface area (Å²) in [4.78, 5) is 13.0. The number of rotatable bonds is 6. The van der Waals surface area contributed by atoms with Crippen molar-refractivity contribution in [2.75, 3.05) is 7.05 Å². The molecular formula is C19H18F2N8. The fourth-order valence-electron chi connectivity index (χ4n) is 3.41. The number of hydrogen-bond donors (Lipinski definition) is 1. The minimum absolute atomic E-state index is 0.0393. The van der Waals surface area contributed by atoms with Crippen molar-refractivity contribution in [1.29, 1.82) is 5.26 Å². The lowest BCUT2D eigenvalue weighted by Crippen LogP contribution is -2.15. The van der Waals surface area contributed by atoms with E-state index in [0.717, 1.165) is 0 Å². The highest BCUT2D eigenvalue weighted by Gasteiger charge is 2.61. The molecule has 3 aromatic heterocycles. The summed E-state index contributed by atoms with van der Waals surface area (Å²) in [5.41, 5.74) is 8.15. The fourth-order valence-corrected chi connectivity index (χ4v) is 3.41. The first-order valence-corrected chi connectivity index (χ1v) is 8.96. The molecule has 0 aromatic carbocycles. The lowest BCUT2D eigenvalue weighted by atomic mass is 10.1. The number of alkyl halides is 2. The molecule has 2 atom stereocenters. The summed E-state index contributed by atoms with van der Waals surface area (Å²) in [6, 6.07) is 3.08. The van der Waals surface area contributed by atoms with E-state index >= 15 is 0 Å². The SMILES string of the molecule is CN=CC(=CN)c1cc2nccn2c(-c2cnn(C(CC#N)C3CC3(F)F)c2)n1. The summed E-state index contributed by atoms with van der Waals surface area (Å²) >= 11 is 0. The van der Waals surface area contributed by atoms with Gasteiger partial charge in [-0.25, -0.2) is 18.7 Å². The van der Waals surface area contributed by atoms with Gasteiger partial charge in [0.25, 0.3) is 5.92 Å². The zero-order valence-electron chi connectivity index (χ0n) is 15.6. The first-order valence-electron chi connectivity index (χ1n) is 8.96. The van der Waals surface area contributed by atoms with E-state index < -0.39 is 17.9 Å². The topological polar surface area (TPSA) is 110 Å². The number of nitriles is 1. The van der Waals surface area contributed by atoms with Crippen molar-refractivity contribution in [3.63, 3.8) is 0 Å². The van der Waals surface area contributed by atoms with Gasteiger partial charge in [0.1, 0.15) is 11.5 Å². The first-order chi connectivity index (χ1) is 14.0. The Balaban J connectivity index is 1.78. The lowest BCUT2D eigenvalue weighted by Gasteiger charge is -2.13. The molecule has 8 nitrogen and oxygen atoms in total. The monoisotopic (exact) mass is 396 g/mol. The van der Waals surface area contributed by atoms with Crippen molar-refractivity contribution in [2.45, 2.75) is 24.8 Å². The Labute approximate surface area is 165 Å². The Hall–Kier alpha value is -3.61. The number of fused-ring (bicyclic) bond motifs is 1. The summed E-state index contributed by atoms with van der Waals surface area (Å²) in [6.07, 6.45) is 9.31. The summed E-state index contributed by atoms with van der Waals surface area (Å²) in [7, 11) is 1.63. The van der Waals surface area contributed by atoms with Crippen molar-refractivity contribution in [2.24, 2.45) is 16.6 Å². The van der Waals surface area contributed by atoms with Crippen LogP contribution in [0.25, 0.3) is 22.6 Å². The highest BCUT2D eigenvalue weighted by molar-refractivity contribution is 6.09. The Bertz CT molecular complexity index is 1150. The van der Waals surface area contributed by atoms with Crippen molar-refractivity contribution < 1.29 is 8.78 Å². The van der Waals surface area contributed by atoms with E-state index in [-0.39, 0.29) is 12.8 Å². The van der Waals surface area contributed by atoms with Gasteiger partial charge in [-0.05, 0) is 0 Å². The predicted octanol–water partition coefficient (Wildman–Crippen LogP) is 2.70. The molecule has 10 heteroatoms. The van der Waals surface area contributed by atoms with Crippen LogP contribution >= 0.6 is 0 Å². The van der Waals surface area contributed by atoms with Gasteiger partial charge in [0, 0.05) is 56.1 Å². The molecule has 1 aliphatic rings. The highest BCUT2D eigenvalue weighted by atomic mass is 19.3. The molecule has 3 aromatic rings. The van der Waals surface area contributed by atoms with E-state index in [1.807, 2.05) is 6.07 Å². The first kappa shape index (κ1) is 18.7. The van der Waals surface area contributed by atoms with Crippen LogP contribution in [0, 0.1) is 17.2 Å². The van der Waals surface area contributed by atoms with E-state index in [1.54, 1.807) is 48.5 Å². The van der Waals surface area contributed by atoms with Crippen molar-refractivity contribution >= 4 is 17.4 Å². The zero-order chi connectivity index (χ0) is 20.6. The molecule has 29 heavy (non-hydrogen) atoms. The van der Waals surface area contributed by atoms with E-state index in [9.17, 15) is 8.78 Å². The van der Waals surface area contributed by atoms with Crippen molar-refractivity contribution in [1.82, 2.24) is 24.1 Å². The Morgan fingerprint density at radius 3 is 3.00 bits per heavy atom. The van der Waals surface area contributed by atoms with E-state index in [4.69, 9.17) is 11.0 Å². The van der Waals surface area contributed by atoms with Crippen LogP contribution in [0.3, 0.4) is 0 Å². The van der Waals surface area contributed by atoms with Gasteiger partial charge in [-0.1, -0.05) is 0 Å². The number of imidazole rings is 1. The summed E-state index contributed by atoms with van der Waals surface area (Å²) < 4.78 is 30.4.